The second-order valence-corrected chi connectivity index (χ2v) is 5.03. The summed E-state index contributed by atoms with van der Waals surface area (Å²) in [6.07, 6.45) is 5.62. The molecule has 0 saturated heterocycles. The van der Waals surface area contributed by atoms with Gasteiger partial charge in [-0.05, 0) is 30.7 Å². The highest BCUT2D eigenvalue weighted by Gasteiger charge is 2.09. The maximum Gasteiger partial charge on any atom is 0.125 e. The molecule has 4 nitrogen and oxygen atoms in total. The third kappa shape index (κ3) is 2.56. The van der Waals surface area contributed by atoms with Gasteiger partial charge in [0.15, 0.2) is 0 Å². The third-order valence-corrected chi connectivity index (χ3v) is 3.53. The minimum absolute atomic E-state index is 0.222. The van der Waals surface area contributed by atoms with Gasteiger partial charge in [-0.15, -0.1) is 0 Å². The predicted molar refractivity (Wildman–Crippen MR) is 80.2 cm³/mol. The van der Waals surface area contributed by atoms with Crippen molar-refractivity contribution in [3.05, 3.63) is 60.3 Å². The monoisotopic (exact) mass is 266 g/mol. The van der Waals surface area contributed by atoms with Crippen LogP contribution in [0.2, 0.25) is 0 Å². The zero-order valence-corrected chi connectivity index (χ0v) is 11.7. The van der Waals surface area contributed by atoms with E-state index >= 15 is 0 Å². The maximum absolute atomic E-state index is 4.37. The van der Waals surface area contributed by atoms with Crippen LogP contribution in [0.25, 0.3) is 10.9 Å². The van der Waals surface area contributed by atoms with Gasteiger partial charge in [-0.2, -0.15) is 0 Å². The van der Waals surface area contributed by atoms with Crippen molar-refractivity contribution in [2.75, 3.05) is 0 Å². The highest BCUT2D eigenvalue weighted by Crippen LogP contribution is 2.15. The summed E-state index contributed by atoms with van der Waals surface area (Å²) in [4.78, 5) is 8.70. The Hall–Kier alpha value is -2.20. The largest absolute Gasteiger partial charge is 0.337 e. The summed E-state index contributed by atoms with van der Waals surface area (Å²) in [6.45, 7) is 2.95. The average molecular weight is 266 g/mol. The van der Waals surface area contributed by atoms with Crippen LogP contribution in [0.3, 0.4) is 0 Å². The Labute approximate surface area is 118 Å². The number of nitrogens with one attached hydrogen (secondary N) is 1. The SMILES string of the molecule is CC(NCc1ccc2ncccc2c1)c1nccn1C. The summed E-state index contributed by atoms with van der Waals surface area (Å²) in [7, 11) is 2.02. The van der Waals surface area contributed by atoms with Gasteiger partial charge in [-0.3, -0.25) is 4.98 Å². The van der Waals surface area contributed by atoms with E-state index in [-0.39, 0.29) is 6.04 Å². The molecule has 0 radical (unpaired) electrons. The Morgan fingerprint density at radius 1 is 1.20 bits per heavy atom. The molecule has 0 fully saturated rings. The zero-order valence-electron chi connectivity index (χ0n) is 11.7. The molecule has 102 valence electrons. The second kappa shape index (κ2) is 5.43. The molecule has 0 aliphatic rings. The van der Waals surface area contributed by atoms with Gasteiger partial charge < -0.3 is 9.88 Å². The highest BCUT2D eigenvalue weighted by atomic mass is 15.1. The highest BCUT2D eigenvalue weighted by molar-refractivity contribution is 5.78. The summed E-state index contributed by atoms with van der Waals surface area (Å²) in [6, 6.07) is 10.6. The van der Waals surface area contributed by atoms with Gasteiger partial charge in [-0.1, -0.05) is 12.1 Å². The van der Waals surface area contributed by atoms with Crippen LogP contribution in [0, 0.1) is 0 Å². The average Bonchev–Trinajstić information content (AvgIpc) is 2.91. The lowest BCUT2D eigenvalue weighted by Crippen LogP contribution is -2.21. The molecule has 0 aliphatic heterocycles. The number of fused-ring (bicyclic) bond motifs is 1. The van der Waals surface area contributed by atoms with E-state index in [9.17, 15) is 0 Å². The number of aromatic nitrogens is 3. The summed E-state index contributed by atoms with van der Waals surface area (Å²) in [5.74, 6) is 1.05. The fourth-order valence-electron chi connectivity index (χ4n) is 2.39. The number of aryl methyl sites for hydroxylation is 1. The summed E-state index contributed by atoms with van der Waals surface area (Å²) >= 11 is 0. The first-order chi connectivity index (χ1) is 9.74. The van der Waals surface area contributed by atoms with Crippen LogP contribution in [-0.4, -0.2) is 14.5 Å². The van der Waals surface area contributed by atoms with Crippen molar-refractivity contribution < 1.29 is 0 Å². The molecule has 1 atom stereocenters. The first-order valence-corrected chi connectivity index (χ1v) is 6.78. The van der Waals surface area contributed by atoms with Gasteiger partial charge in [0, 0.05) is 37.6 Å². The molecule has 0 bridgehead atoms. The van der Waals surface area contributed by atoms with E-state index in [0.717, 1.165) is 17.9 Å². The van der Waals surface area contributed by atoms with Crippen LogP contribution in [0.1, 0.15) is 24.4 Å². The Morgan fingerprint density at radius 3 is 2.90 bits per heavy atom. The molecule has 0 aliphatic carbocycles. The first kappa shape index (κ1) is 12.8. The molecule has 0 spiro atoms. The van der Waals surface area contributed by atoms with Gasteiger partial charge in [0.25, 0.3) is 0 Å². The number of nitrogens with zero attached hydrogens (tertiary/aromatic N) is 3. The van der Waals surface area contributed by atoms with Crippen LogP contribution in [0.4, 0.5) is 0 Å². The maximum atomic E-state index is 4.37. The fourth-order valence-corrected chi connectivity index (χ4v) is 2.39. The number of pyridine rings is 1. The van der Waals surface area contributed by atoms with Crippen molar-refractivity contribution in [2.24, 2.45) is 7.05 Å². The molecule has 1 N–H and O–H groups in total. The van der Waals surface area contributed by atoms with E-state index in [1.165, 1.54) is 10.9 Å². The molecular formula is C16H18N4. The van der Waals surface area contributed by atoms with E-state index in [4.69, 9.17) is 0 Å². The number of hydrogen-bond donors (Lipinski definition) is 1. The van der Waals surface area contributed by atoms with Crippen molar-refractivity contribution in [2.45, 2.75) is 19.5 Å². The molecule has 20 heavy (non-hydrogen) atoms. The number of imidazole rings is 1. The number of hydrogen-bond acceptors (Lipinski definition) is 3. The van der Waals surface area contributed by atoms with Crippen molar-refractivity contribution >= 4 is 10.9 Å². The Balaban J connectivity index is 1.72. The third-order valence-electron chi connectivity index (χ3n) is 3.53. The van der Waals surface area contributed by atoms with Crippen LogP contribution >= 0.6 is 0 Å². The molecule has 3 aromatic rings. The summed E-state index contributed by atoms with van der Waals surface area (Å²) in [5.41, 5.74) is 2.29. The Kier molecular flexibility index (Phi) is 3.48. The van der Waals surface area contributed by atoms with Gasteiger partial charge >= 0.3 is 0 Å². The molecule has 4 heteroatoms. The number of rotatable bonds is 4. The van der Waals surface area contributed by atoms with Gasteiger partial charge in [0.1, 0.15) is 5.82 Å². The molecule has 0 amide bonds. The standard InChI is InChI=1S/C16H18N4/c1-12(16-18-8-9-20(16)2)19-11-13-5-6-15-14(10-13)4-3-7-17-15/h3-10,12,19H,11H2,1-2H3. The summed E-state index contributed by atoms with van der Waals surface area (Å²) in [5, 5.41) is 4.68. The van der Waals surface area contributed by atoms with Crippen molar-refractivity contribution in [1.29, 1.82) is 0 Å². The topological polar surface area (TPSA) is 42.7 Å². The van der Waals surface area contributed by atoms with Crippen molar-refractivity contribution in [3.63, 3.8) is 0 Å². The second-order valence-electron chi connectivity index (χ2n) is 5.03. The van der Waals surface area contributed by atoms with Crippen LogP contribution in [-0.2, 0) is 13.6 Å². The molecule has 3 rings (SSSR count). The van der Waals surface area contributed by atoms with E-state index < -0.39 is 0 Å². The van der Waals surface area contributed by atoms with E-state index in [1.54, 1.807) is 0 Å². The minimum Gasteiger partial charge on any atom is -0.337 e. The van der Waals surface area contributed by atoms with Gasteiger partial charge in [0.05, 0.1) is 11.6 Å². The van der Waals surface area contributed by atoms with Crippen molar-refractivity contribution in [3.8, 4) is 0 Å². The molecule has 2 aromatic heterocycles. The first-order valence-electron chi connectivity index (χ1n) is 6.78. The molecule has 0 saturated carbocycles. The van der Waals surface area contributed by atoms with Crippen LogP contribution < -0.4 is 5.32 Å². The quantitative estimate of drug-likeness (QED) is 0.789. The molecular weight excluding hydrogens is 248 g/mol. The lowest BCUT2D eigenvalue weighted by molar-refractivity contribution is 0.530. The predicted octanol–water partition coefficient (Wildman–Crippen LogP) is 2.82. The number of benzene rings is 1. The lowest BCUT2D eigenvalue weighted by Gasteiger charge is -2.14. The Morgan fingerprint density at radius 2 is 2.10 bits per heavy atom. The fraction of sp³-hybridized carbons (Fsp3) is 0.250. The van der Waals surface area contributed by atoms with Gasteiger partial charge in [0.2, 0.25) is 0 Å². The smallest absolute Gasteiger partial charge is 0.125 e. The van der Waals surface area contributed by atoms with Gasteiger partial charge in [-0.25, -0.2) is 4.98 Å². The molecule has 1 aromatic carbocycles. The lowest BCUT2D eigenvalue weighted by atomic mass is 10.1. The van der Waals surface area contributed by atoms with E-state index in [0.29, 0.717) is 0 Å². The molecule has 2 heterocycles. The van der Waals surface area contributed by atoms with E-state index in [2.05, 4.69) is 46.5 Å². The van der Waals surface area contributed by atoms with Crippen molar-refractivity contribution in [1.82, 2.24) is 19.9 Å². The minimum atomic E-state index is 0.222. The normalized spacial score (nSPS) is 12.7. The zero-order chi connectivity index (χ0) is 13.9. The van der Waals surface area contributed by atoms with Crippen LogP contribution in [0.15, 0.2) is 48.9 Å². The Bertz CT molecular complexity index is 717. The molecule has 1 unspecified atom stereocenters. The summed E-state index contributed by atoms with van der Waals surface area (Å²) < 4.78 is 2.04. The van der Waals surface area contributed by atoms with Crippen LogP contribution in [0.5, 0.6) is 0 Å². The van der Waals surface area contributed by atoms with E-state index in [1.807, 2.05) is 36.3 Å².